The van der Waals surface area contributed by atoms with Crippen molar-refractivity contribution in [3.63, 3.8) is 0 Å². The normalized spacial score (nSPS) is 18.5. The molecule has 5 rings (SSSR count). The molecule has 3 aromatic carbocycles. The maximum absolute atomic E-state index is 13.6. The van der Waals surface area contributed by atoms with E-state index >= 15 is 0 Å². The number of para-hydroxylation sites is 1. The van der Waals surface area contributed by atoms with E-state index in [1.54, 1.807) is 24.1 Å². The number of carbonyl (C=O) groups excluding carboxylic acids is 1. The van der Waals surface area contributed by atoms with Crippen molar-refractivity contribution in [3.05, 3.63) is 88.4 Å². The lowest BCUT2D eigenvalue weighted by molar-refractivity contribution is 0.0338. The first-order chi connectivity index (χ1) is 16.1. The molecule has 0 spiro atoms. The highest BCUT2D eigenvalue weighted by molar-refractivity contribution is 6.30. The molecule has 1 atom stereocenters. The number of hydrogen-bond acceptors (Lipinski definition) is 5. The van der Waals surface area contributed by atoms with Gasteiger partial charge in [0, 0.05) is 41.6 Å². The highest BCUT2D eigenvalue weighted by atomic mass is 35.5. The zero-order chi connectivity index (χ0) is 22.8. The summed E-state index contributed by atoms with van der Waals surface area (Å²) >= 11 is 6.12. The molecule has 2 heterocycles. The first kappa shape index (κ1) is 21.8. The Morgan fingerprint density at radius 2 is 1.82 bits per heavy atom. The van der Waals surface area contributed by atoms with Gasteiger partial charge in [-0.1, -0.05) is 29.8 Å². The van der Waals surface area contributed by atoms with Crippen molar-refractivity contribution < 1.29 is 14.3 Å². The first-order valence-corrected chi connectivity index (χ1v) is 11.4. The fourth-order valence-corrected chi connectivity index (χ4v) is 4.57. The summed E-state index contributed by atoms with van der Waals surface area (Å²) in [6.45, 7) is 4.01. The van der Waals surface area contributed by atoms with E-state index in [1.165, 1.54) is 0 Å². The average molecular weight is 464 g/mol. The van der Waals surface area contributed by atoms with Gasteiger partial charge in [-0.2, -0.15) is 0 Å². The number of nitrogens with one attached hydrogen (secondary N) is 1. The summed E-state index contributed by atoms with van der Waals surface area (Å²) in [5.41, 5.74) is 4.31. The first-order valence-electron chi connectivity index (χ1n) is 11.1. The minimum absolute atomic E-state index is 0.0535. The molecule has 0 bridgehead atoms. The number of carbonyl (C=O) groups is 1. The lowest BCUT2D eigenvalue weighted by atomic mass is 10.0. The molecule has 3 aromatic rings. The van der Waals surface area contributed by atoms with Crippen LogP contribution >= 0.6 is 11.6 Å². The largest absolute Gasteiger partial charge is 0.496 e. The van der Waals surface area contributed by atoms with Crippen LogP contribution in [0.15, 0.2) is 66.7 Å². The molecule has 1 amide bonds. The van der Waals surface area contributed by atoms with Gasteiger partial charge < -0.3 is 14.8 Å². The number of morpholine rings is 1. The second-order valence-electron chi connectivity index (χ2n) is 8.20. The molecule has 170 valence electrons. The fourth-order valence-electron chi connectivity index (χ4n) is 4.45. The molecule has 7 heteroatoms. The van der Waals surface area contributed by atoms with Crippen LogP contribution in [0.2, 0.25) is 5.02 Å². The van der Waals surface area contributed by atoms with Gasteiger partial charge in [0.25, 0.3) is 5.91 Å². The summed E-state index contributed by atoms with van der Waals surface area (Å²) in [6.07, 6.45) is -0.372. The summed E-state index contributed by atoms with van der Waals surface area (Å²) < 4.78 is 11.2. The predicted octanol–water partition coefficient (Wildman–Crippen LogP) is 4.95. The number of nitrogens with zero attached hydrogens (tertiary/aromatic N) is 2. The summed E-state index contributed by atoms with van der Waals surface area (Å²) in [6, 6.07) is 21.1. The van der Waals surface area contributed by atoms with Crippen LogP contribution in [0.3, 0.4) is 0 Å². The Bertz CT molecular complexity index is 1150. The second-order valence-corrected chi connectivity index (χ2v) is 8.64. The van der Waals surface area contributed by atoms with E-state index in [0.717, 1.165) is 61.1 Å². The Labute approximate surface area is 198 Å². The third-order valence-corrected chi connectivity index (χ3v) is 6.40. The summed E-state index contributed by atoms with van der Waals surface area (Å²) in [5, 5.41) is 4.20. The number of ether oxygens (including phenoxy) is 2. The van der Waals surface area contributed by atoms with E-state index in [9.17, 15) is 4.79 Å². The van der Waals surface area contributed by atoms with Crippen LogP contribution in [0.5, 0.6) is 5.75 Å². The van der Waals surface area contributed by atoms with Crippen LogP contribution in [0.4, 0.5) is 11.4 Å². The van der Waals surface area contributed by atoms with Gasteiger partial charge in [-0.25, -0.2) is 0 Å². The average Bonchev–Trinajstić information content (AvgIpc) is 2.85. The molecule has 33 heavy (non-hydrogen) atoms. The molecular weight excluding hydrogens is 438 g/mol. The van der Waals surface area contributed by atoms with Crippen molar-refractivity contribution in [3.8, 4) is 5.75 Å². The summed E-state index contributed by atoms with van der Waals surface area (Å²) in [5.74, 6) is 0.785. The molecule has 0 aromatic heterocycles. The number of benzene rings is 3. The molecule has 2 aliphatic heterocycles. The van der Waals surface area contributed by atoms with E-state index in [0.29, 0.717) is 10.6 Å². The standard InChI is InChI=1S/C26H26ClN3O3/c1-32-24-11-6-18(16-19(24)17-29-12-14-33-15-13-29)25-28-23-5-3-2-4-22(23)26(31)30(25)21-9-7-20(27)8-10-21/h2-11,16,25,28H,12-15,17H2,1H3. The van der Waals surface area contributed by atoms with Gasteiger partial charge in [-0.3, -0.25) is 14.6 Å². The van der Waals surface area contributed by atoms with Crippen LogP contribution in [0.25, 0.3) is 0 Å². The Balaban J connectivity index is 1.55. The molecule has 0 aliphatic carbocycles. The SMILES string of the molecule is COc1ccc(C2Nc3ccccc3C(=O)N2c2ccc(Cl)cc2)cc1CN1CCOCC1. The maximum atomic E-state index is 13.6. The lowest BCUT2D eigenvalue weighted by Gasteiger charge is -2.38. The molecule has 1 saturated heterocycles. The van der Waals surface area contributed by atoms with Crippen LogP contribution in [0.1, 0.15) is 27.7 Å². The molecule has 1 fully saturated rings. The van der Waals surface area contributed by atoms with Gasteiger partial charge >= 0.3 is 0 Å². The fraction of sp³-hybridized carbons (Fsp3) is 0.269. The van der Waals surface area contributed by atoms with E-state index in [4.69, 9.17) is 21.1 Å². The topological polar surface area (TPSA) is 54.0 Å². The highest BCUT2D eigenvalue weighted by Gasteiger charge is 2.34. The molecule has 1 unspecified atom stereocenters. The van der Waals surface area contributed by atoms with Gasteiger partial charge in [0.1, 0.15) is 11.9 Å². The smallest absolute Gasteiger partial charge is 0.262 e. The number of anilines is 2. The Hall–Kier alpha value is -3.06. The van der Waals surface area contributed by atoms with E-state index in [1.807, 2.05) is 48.5 Å². The van der Waals surface area contributed by atoms with Gasteiger partial charge in [0.2, 0.25) is 0 Å². The van der Waals surface area contributed by atoms with E-state index in [2.05, 4.69) is 16.3 Å². The molecule has 0 radical (unpaired) electrons. The van der Waals surface area contributed by atoms with Gasteiger partial charge in [-0.05, 0) is 54.1 Å². The lowest BCUT2D eigenvalue weighted by Crippen LogP contribution is -2.43. The van der Waals surface area contributed by atoms with E-state index in [-0.39, 0.29) is 12.1 Å². The van der Waals surface area contributed by atoms with Crippen molar-refractivity contribution in [2.45, 2.75) is 12.7 Å². The van der Waals surface area contributed by atoms with Crippen LogP contribution in [-0.2, 0) is 11.3 Å². The third kappa shape index (κ3) is 4.42. The molecule has 1 N–H and O–H groups in total. The van der Waals surface area contributed by atoms with Crippen LogP contribution in [0, 0.1) is 0 Å². The number of methoxy groups -OCH3 is 1. The van der Waals surface area contributed by atoms with Gasteiger partial charge in [0.15, 0.2) is 0 Å². The number of rotatable bonds is 5. The minimum Gasteiger partial charge on any atom is -0.496 e. The van der Waals surface area contributed by atoms with Crippen molar-refractivity contribution in [1.82, 2.24) is 4.90 Å². The van der Waals surface area contributed by atoms with E-state index < -0.39 is 0 Å². The summed E-state index contributed by atoms with van der Waals surface area (Å²) in [4.78, 5) is 17.8. The number of amides is 1. The highest BCUT2D eigenvalue weighted by Crippen LogP contribution is 2.38. The Morgan fingerprint density at radius 3 is 2.58 bits per heavy atom. The van der Waals surface area contributed by atoms with Gasteiger partial charge in [0.05, 0.1) is 25.9 Å². The minimum atomic E-state index is -0.372. The second kappa shape index (κ2) is 9.43. The molecule has 0 saturated carbocycles. The van der Waals surface area contributed by atoms with Crippen molar-refractivity contribution >= 4 is 28.9 Å². The third-order valence-electron chi connectivity index (χ3n) is 6.15. The zero-order valence-corrected chi connectivity index (χ0v) is 19.2. The van der Waals surface area contributed by atoms with Crippen molar-refractivity contribution in [2.75, 3.05) is 43.6 Å². The summed E-state index contributed by atoms with van der Waals surface area (Å²) in [7, 11) is 1.69. The number of halogens is 1. The molecule has 6 nitrogen and oxygen atoms in total. The Kier molecular flexibility index (Phi) is 6.22. The molecule has 2 aliphatic rings. The van der Waals surface area contributed by atoms with Crippen molar-refractivity contribution in [1.29, 1.82) is 0 Å². The van der Waals surface area contributed by atoms with Crippen LogP contribution in [-0.4, -0.2) is 44.2 Å². The monoisotopic (exact) mass is 463 g/mol. The Morgan fingerprint density at radius 1 is 1.06 bits per heavy atom. The van der Waals surface area contributed by atoms with Gasteiger partial charge in [-0.15, -0.1) is 0 Å². The van der Waals surface area contributed by atoms with Crippen molar-refractivity contribution in [2.24, 2.45) is 0 Å². The quantitative estimate of drug-likeness (QED) is 0.580. The maximum Gasteiger partial charge on any atom is 0.262 e. The molecular formula is C26H26ClN3O3. The zero-order valence-electron chi connectivity index (χ0n) is 18.5. The number of hydrogen-bond donors (Lipinski definition) is 1. The predicted molar refractivity (Wildman–Crippen MR) is 130 cm³/mol. The van der Waals surface area contributed by atoms with Crippen LogP contribution < -0.4 is 15.0 Å². The number of fused-ring (bicyclic) bond motifs is 1.